The second-order valence-corrected chi connectivity index (χ2v) is 8.19. The molecule has 2 N–H and O–H groups in total. The van der Waals surface area contributed by atoms with Crippen LogP contribution in [-0.2, 0) is 14.9 Å². The van der Waals surface area contributed by atoms with Crippen LogP contribution in [-0.4, -0.2) is 31.2 Å². The molecule has 5 nitrogen and oxygen atoms in total. The molecule has 0 aliphatic carbocycles. The topological polar surface area (TPSA) is 83.5 Å². The second-order valence-electron chi connectivity index (χ2n) is 6.62. The summed E-state index contributed by atoms with van der Waals surface area (Å²) < 4.78 is 29.6. The van der Waals surface area contributed by atoms with Gasteiger partial charge in [0.2, 0.25) is 5.91 Å². The molecular formula is C20H37NO4S. The summed E-state index contributed by atoms with van der Waals surface area (Å²) in [5.41, 5.74) is 0. The van der Waals surface area contributed by atoms with Gasteiger partial charge in [0.05, 0.1) is 5.75 Å². The first-order valence-electron chi connectivity index (χ1n) is 9.97. The van der Waals surface area contributed by atoms with Crippen molar-refractivity contribution in [2.24, 2.45) is 0 Å². The van der Waals surface area contributed by atoms with E-state index in [0.717, 1.165) is 32.1 Å². The molecule has 0 saturated heterocycles. The quantitative estimate of drug-likeness (QED) is 0.213. The molecule has 26 heavy (non-hydrogen) atoms. The largest absolute Gasteiger partial charge is 0.355 e. The van der Waals surface area contributed by atoms with Crippen molar-refractivity contribution in [3.63, 3.8) is 0 Å². The van der Waals surface area contributed by atoms with Crippen molar-refractivity contribution in [2.45, 2.75) is 84.0 Å². The van der Waals surface area contributed by atoms with Gasteiger partial charge < -0.3 is 5.32 Å². The lowest BCUT2D eigenvalue weighted by Crippen LogP contribution is -2.28. The van der Waals surface area contributed by atoms with E-state index >= 15 is 0 Å². The first kappa shape index (κ1) is 24.9. The monoisotopic (exact) mass is 387 g/mol. The molecule has 0 radical (unpaired) electrons. The SMILES string of the molecule is CCCCCC=CCC=CCCCCCCCC(=O)NCCS(=O)(=O)O. The van der Waals surface area contributed by atoms with Gasteiger partial charge in [-0.05, 0) is 38.5 Å². The molecule has 0 bridgehead atoms. The number of hydrogen-bond acceptors (Lipinski definition) is 3. The summed E-state index contributed by atoms with van der Waals surface area (Å²) >= 11 is 0. The predicted octanol–water partition coefficient (Wildman–Crippen LogP) is 4.80. The zero-order valence-electron chi connectivity index (χ0n) is 16.3. The first-order chi connectivity index (χ1) is 12.5. The number of amides is 1. The Hall–Kier alpha value is -1.14. The van der Waals surface area contributed by atoms with Gasteiger partial charge in [-0.1, -0.05) is 63.3 Å². The summed E-state index contributed by atoms with van der Waals surface area (Å²) in [5, 5.41) is 2.50. The van der Waals surface area contributed by atoms with Crippen LogP contribution >= 0.6 is 0 Å². The number of rotatable bonds is 17. The molecule has 152 valence electrons. The van der Waals surface area contributed by atoms with Crippen LogP contribution in [0.15, 0.2) is 24.3 Å². The summed E-state index contributed by atoms with van der Waals surface area (Å²) in [6.07, 6.45) is 21.9. The van der Waals surface area contributed by atoms with Gasteiger partial charge in [0, 0.05) is 13.0 Å². The van der Waals surface area contributed by atoms with Gasteiger partial charge in [0.25, 0.3) is 10.1 Å². The molecule has 0 saturated carbocycles. The van der Waals surface area contributed by atoms with Crippen molar-refractivity contribution < 1.29 is 17.8 Å². The molecule has 0 aromatic carbocycles. The lowest BCUT2D eigenvalue weighted by atomic mass is 10.1. The highest BCUT2D eigenvalue weighted by atomic mass is 32.2. The van der Waals surface area contributed by atoms with Gasteiger partial charge in [0.15, 0.2) is 0 Å². The van der Waals surface area contributed by atoms with Crippen molar-refractivity contribution in [2.75, 3.05) is 12.3 Å². The second kappa shape index (κ2) is 17.3. The Morgan fingerprint density at radius 3 is 2.08 bits per heavy atom. The number of carbonyl (C=O) groups excluding carboxylic acids is 1. The highest BCUT2D eigenvalue weighted by Gasteiger charge is 2.06. The zero-order chi connectivity index (χ0) is 19.5. The summed E-state index contributed by atoms with van der Waals surface area (Å²) in [6.45, 7) is 2.19. The van der Waals surface area contributed by atoms with Gasteiger partial charge in [-0.2, -0.15) is 8.42 Å². The van der Waals surface area contributed by atoms with Crippen LogP contribution in [0.1, 0.15) is 84.0 Å². The van der Waals surface area contributed by atoms with Gasteiger partial charge in [-0.15, -0.1) is 0 Å². The maximum absolute atomic E-state index is 11.5. The van der Waals surface area contributed by atoms with E-state index in [9.17, 15) is 13.2 Å². The zero-order valence-corrected chi connectivity index (χ0v) is 17.1. The maximum atomic E-state index is 11.5. The molecular weight excluding hydrogens is 350 g/mol. The van der Waals surface area contributed by atoms with Gasteiger partial charge >= 0.3 is 0 Å². The molecule has 0 unspecified atom stereocenters. The Morgan fingerprint density at radius 2 is 1.46 bits per heavy atom. The van der Waals surface area contributed by atoms with E-state index in [2.05, 4.69) is 36.5 Å². The molecule has 1 amide bonds. The molecule has 0 atom stereocenters. The number of nitrogens with one attached hydrogen (secondary N) is 1. The van der Waals surface area contributed by atoms with Crippen LogP contribution in [0, 0.1) is 0 Å². The normalized spacial score (nSPS) is 12.2. The third-order valence-electron chi connectivity index (χ3n) is 4.04. The molecule has 0 aliphatic heterocycles. The lowest BCUT2D eigenvalue weighted by molar-refractivity contribution is -0.121. The van der Waals surface area contributed by atoms with Crippen molar-refractivity contribution in [3.8, 4) is 0 Å². The van der Waals surface area contributed by atoms with Crippen LogP contribution in [0.25, 0.3) is 0 Å². The van der Waals surface area contributed by atoms with Crippen molar-refractivity contribution in [3.05, 3.63) is 24.3 Å². The summed E-state index contributed by atoms with van der Waals surface area (Å²) in [6, 6.07) is 0. The fourth-order valence-electron chi connectivity index (χ4n) is 2.50. The molecule has 0 fully saturated rings. The molecule has 0 spiro atoms. The van der Waals surface area contributed by atoms with E-state index in [1.165, 1.54) is 38.5 Å². The van der Waals surface area contributed by atoms with Crippen LogP contribution in [0.5, 0.6) is 0 Å². The van der Waals surface area contributed by atoms with Crippen LogP contribution in [0.4, 0.5) is 0 Å². The van der Waals surface area contributed by atoms with E-state index in [-0.39, 0.29) is 12.5 Å². The van der Waals surface area contributed by atoms with Crippen LogP contribution in [0.2, 0.25) is 0 Å². The Morgan fingerprint density at radius 1 is 0.885 bits per heavy atom. The Kier molecular flexibility index (Phi) is 16.5. The minimum absolute atomic E-state index is 0.0298. The number of unbranched alkanes of at least 4 members (excludes halogenated alkanes) is 8. The highest BCUT2D eigenvalue weighted by molar-refractivity contribution is 7.85. The summed E-state index contributed by atoms with van der Waals surface area (Å²) in [5.74, 6) is -0.583. The van der Waals surface area contributed by atoms with Crippen LogP contribution in [0.3, 0.4) is 0 Å². The fourth-order valence-corrected chi connectivity index (χ4v) is 2.86. The fraction of sp³-hybridized carbons (Fsp3) is 0.750. The Balaban J connectivity index is 3.35. The van der Waals surface area contributed by atoms with Gasteiger partial charge in [-0.25, -0.2) is 0 Å². The highest BCUT2D eigenvalue weighted by Crippen LogP contribution is 2.08. The summed E-state index contributed by atoms with van der Waals surface area (Å²) in [7, 11) is -3.99. The van der Waals surface area contributed by atoms with E-state index in [1.54, 1.807) is 0 Å². The third-order valence-corrected chi connectivity index (χ3v) is 4.76. The molecule has 0 rings (SSSR count). The molecule has 0 aromatic heterocycles. The molecule has 0 aliphatic rings. The predicted molar refractivity (Wildman–Crippen MR) is 109 cm³/mol. The van der Waals surface area contributed by atoms with E-state index in [0.29, 0.717) is 6.42 Å². The molecule has 0 heterocycles. The minimum atomic E-state index is -3.99. The Labute approximate surface area is 160 Å². The van der Waals surface area contributed by atoms with Crippen LogP contribution < -0.4 is 5.32 Å². The number of carbonyl (C=O) groups is 1. The van der Waals surface area contributed by atoms with E-state index in [4.69, 9.17) is 4.55 Å². The summed E-state index contributed by atoms with van der Waals surface area (Å²) in [4.78, 5) is 11.5. The molecule has 6 heteroatoms. The molecule has 0 aromatic rings. The number of allylic oxidation sites excluding steroid dienone is 4. The van der Waals surface area contributed by atoms with Gasteiger partial charge in [0.1, 0.15) is 0 Å². The average molecular weight is 388 g/mol. The standard InChI is InChI=1S/C20H37NO4S/c1-2-3-4-5-6-7-8-9-10-11-12-13-14-15-16-17-20(22)21-18-19-26(23,24)25/h6-7,9-10H,2-5,8,11-19H2,1H3,(H,21,22)(H,23,24,25). The third kappa shape index (κ3) is 20.9. The van der Waals surface area contributed by atoms with Gasteiger partial charge in [-0.3, -0.25) is 9.35 Å². The van der Waals surface area contributed by atoms with Crippen molar-refractivity contribution in [1.82, 2.24) is 5.32 Å². The first-order valence-corrected chi connectivity index (χ1v) is 11.6. The average Bonchev–Trinajstić information content (AvgIpc) is 2.57. The Bertz CT molecular complexity index is 498. The van der Waals surface area contributed by atoms with E-state index < -0.39 is 15.9 Å². The lowest BCUT2D eigenvalue weighted by Gasteiger charge is -2.04. The number of hydrogen-bond donors (Lipinski definition) is 2. The minimum Gasteiger partial charge on any atom is -0.355 e. The van der Waals surface area contributed by atoms with Crippen molar-refractivity contribution in [1.29, 1.82) is 0 Å². The van der Waals surface area contributed by atoms with E-state index in [1.807, 2.05) is 0 Å². The smallest absolute Gasteiger partial charge is 0.266 e. The maximum Gasteiger partial charge on any atom is 0.266 e. The van der Waals surface area contributed by atoms with Crippen molar-refractivity contribution >= 4 is 16.0 Å².